The van der Waals surface area contributed by atoms with E-state index in [0.29, 0.717) is 6.42 Å². The van der Waals surface area contributed by atoms with Crippen LogP contribution in [0.5, 0.6) is 0 Å². The molecule has 0 aliphatic heterocycles. The Morgan fingerprint density at radius 1 is 1.56 bits per heavy atom. The minimum atomic E-state index is -3.75. The molecule has 1 unspecified atom stereocenters. The third kappa shape index (κ3) is 4.69. The van der Waals surface area contributed by atoms with Crippen molar-refractivity contribution in [2.75, 3.05) is 0 Å². The second-order valence-electron chi connectivity index (χ2n) is 1.73. The summed E-state index contributed by atoms with van der Waals surface area (Å²) in [7, 11) is -3.75. The molecule has 0 heterocycles. The van der Waals surface area contributed by atoms with Gasteiger partial charge in [-0.15, -0.1) is 12.4 Å². The monoisotopic (exact) mass is 174 g/mol. The molecule has 0 rings (SSSR count). The van der Waals surface area contributed by atoms with Crippen LogP contribution in [0.4, 0.5) is 0 Å². The fourth-order valence-corrected chi connectivity index (χ4v) is 0.632. The zero-order valence-electron chi connectivity index (χ0n) is 5.36. The highest BCUT2D eigenvalue weighted by molar-refractivity contribution is 7.86. The van der Waals surface area contributed by atoms with Crippen LogP contribution in [-0.2, 0) is 10.1 Å². The van der Waals surface area contributed by atoms with E-state index >= 15 is 0 Å². The Bertz CT molecular complexity index is 151. The zero-order valence-corrected chi connectivity index (χ0v) is 7.00. The molecule has 0 fully saturated rings. The first-order valence-corrected chi connectivity index (χ1v) is 3.95. The van der Waals surface area contributed by atoms with Gasteiger partial charge >= 0.3 is 0 Å². The van der Waals surface area contributed by atoms with Gasteiger partial charge < -0.3 is 0 Å². The van der Waals surface area contributed by atoms with Crippen LogP contribution >= 0.6 is 12.4 Å². The second-order valence-corrected chi connectivity index (χ2v) is 3.57. The molecule has 0 aromatic carbocycles. The van der Waals surface area contributed by atoms with Gasteiger partial charge in [0.15, 0.2) is 0 Å². The van der Waals surface area contributed by atoms with Crippen LogP contribution in [0.3, 0.4) is 0 Å². The summed E-state index contributed by atoms with van der Waals surface area (Å²) in [5.41, 5.74) is 0. The molecule has 0 saturated heterocycles. The molecule has 0 aliphatic rings. The fourth-order valence-electron chi connectivity index (χ4n) is 0.211. The van der Waals surface area contributed by atoms with E-state index in [9.17, 15) is 8.42 Å². The minimum absolute atomic E-state index is 0. The van der Waals surface area contributed by atoms with Gasteiger partial charge in [-0.1, -0.05) is 6.92 Å². The van der Waals surface area contributed by atoms with Gasteiger partial charge in [0.2, 0.25) is 0 Å². The highest BCUT2D eigenvalue weighted by Gasteiger charge is 2.13. The van der Waals surface area contributed by atoms with Crippen molar-refractivity contribution in [1.82, 2.24) is 0 Å². The van der Waals surface area contributed by atoms with Crippen LogP contribution in [0, 0.1) is 0 Å². The van der Waals surface area contributed by atoms with Gasteiger partial charge in [-0.3, -0.25) is 4.55 Å². The van der Waals surface area contributed by atoms with Gasteiger partial charge in [0.05, 0.1) is 5.25 Å². The van der Waals surface area contributed by atoms with Gasteiger partial charge in [-0.05, 0) is 13.3 Å². The summed E-state index contributed by atoms with van der Waals surface area (Å²) in [5.74, 6) is 0. The van der Waals surface area contributed by atoms with Crippen molar-refractivity contribution in [3.05, 3.63) is 0 Å². The van der Waals surface area contributed by atoms with Gasteiger partial charge in [0.25, 0.3) is 10.1 Å². The first kappa shape index (κ1) is 11.9. The lowest BCUT2D eigenvalue weighted by molar-refractivity contribution is 0.468. The van der Waals surface area contributed by atoms with E-state index in [2.05, 4.69) is 0 Å². The maximum absolute atomic E-state index is 10.1. The van der Waals surface area contributed by atoms with Gasteiger partial charge in [-0.25, -0.2) is 0 Å². The second kappa shape index (κ2) is 4.09. The maximum atomic E-state index is 10.1. The van der Waals surface area contributed by atoms with Crippen LogP contribution in [-0.4, -0.2) is 18.2 Å². The first-order chi connectivity index (χ1) is 3.48. The van der Waals surface area contributed by atoms with Crippen molar-refractivity contribution in [2.45, 2.75) is 25.5 Å². The Kier molecular flexibility index (Phi) is 5.42. The SMILES string of the molecule is CCC(C)S(=O)(=O)O.Cl. The summed E-state index contributed by atoms with van der Waals surface area (Å²) in [6.07, 6.45) is 0.457. The van der Waals surface area contributed by atoms with Crippen LogP contribution < -0.4 is 0 Å². The largest absolute Gasteiger partial charge is 0.285 e. The Labute approximate surface area is 61.6 Å². The third-order valence-corrected chi connectivity index (χ3v) is 2.43. The molecule has 9 heavy (non-hydrogen) atoms. The van der Waals surface area contributed by atoms with Gasteiger partial charge in [-0.2, -0.15) is 8.42 Å². The topological polar surface area (TPSA) is 54.4 Å². The number of halogens is 1. The van der Waals surface area contributed by atoms with Crippen molar-refractivity contribution in [3.8, 4) is 0 Å². The van der Waals surface area contributed by atoms with Crippen LogP contribution in [0.1, 0.15) is 20.3 Å². The lowest BCUT2D eigenvalue weighted by atomic mass is 10.4. The Morgan fingerprint density at radius 2 is 1.89 bits per heavy atom. The van der Waals surface area contributed by atoms with Gasteiger partial charge in [0, 0.05) is 0 Å². The average Bonchev–Trinajstić information content (AvgIpc) is 1.62. The molecule has 0 radical (unpaired) electrons. The molecule has 0 saturated carbocycles. The molecular weight excluding hydrogens is 164 g/mol. The molecule has 0 spiro atoms. The van der Waals surface area contributed by atoms with Crippen molar-refractivity contribution in [3.63, 3.8) is 0 Å². The number of hydrogen-bond donors (Lipinski definition) is 1. The van der Waals surface area contributed by atoms with Crippen molar-refractivity contribution in [1.29, 1.82) is 0 Å². The molecule has 58 valence electrons. The highest BCUT2D eigenvalue weighted by atomic mass is 35.5. The fraction of sp³-hybridized carbons (Fsp3) is 1.00. The van der Waals surface area contributed by atoms with Crippen LogP contribution in [0.15, 0.2) is 0 Å². The quantitative estimate of drug-likeness (QED) is 0.638. The summed E-state index contributed by atoms with van der Waals surface area (Å²) in [6, 6.07) is 0. The maximum Gasteiger partial charge on any atom is 0.267 e. The first-order valence-electron chi connectivity index (χ1n) is 2.44. The summed E-state index contributed by atoms with van der Waals surface area (Å²) in [6.45, 7) is 3.17. The van der Waals surface area contributed by atoms with E-state index in [1.54, 1.807) is 6.92 Å². The van der Waals surface area contributed by atoms with E-state index < -0.39 is 15.4 Å². The van der Waals surface area contributed by atoms with Crippen molar-refractivity contribution >= 4 is 22.5 Å². The average molecular weight is 175 g/mol. The van der Waals surface area contributed by atoms with E-state index in [4.69, 9.17) is 4.55 Å². The van der Waals surface area contributed by atoms with Crippen LogP contribution in [0.2, 0.25) is 0 Å². The molecule has 0 amide bonds. The Morgan fingerprint density at radius 3 is 1.89 bits per heavy atom. The predicted molar refractivity (Wildman–Crippen MR) is 38.5 cm³/mol. The molecule has 0 aromatic heterocycles. The molecule has 0 aliphatic carbocycles. The third-order valence-electron chi connectivity index (χ3n) is 1.08. The molecule has 3 nitrogen and oxygen atoms in total. The Hall–Kier alpha value is 0.200. The van der Waals surface area contributed by atoms with E-state index in [-0.39, 0.29) is 12.4 Å². The molecular formula is C4H11ClO3S. The van der Waals surface area contributed by atoms with Crippen molar-refractivity contribution in [2.24, 2.45) is 0 Å². The predicted octanol–water partition coefficient (Wildman–Crippen LogP) is 1.09. The lowest BCUT2D eigenvalue weighted by Gasteiger charge is -2.00. The smallest absolute Gasteiger partial charge is 0.267 e. The summed E-state index contributed by atoms with van der Waals surface area (Å²) < 4.78 is 28.5. The van der Waals surface area contributed by atoms with E-state index in [1.165, 1.54) is 6.92 Å². The summed E-state index contributed by atoms with van der Waals surface area (Å²) >= 11 is 0. The lowest BCUT2D eigenvalue weighted by Crippen LogP contribution is -2.14. The molecule has 0 bridgehead atoms. The molecule has 0 aromatic rings. The number of hydrogen-bond acceptors (Lipinski definition) is 2. The molecule has 1 atom stereocenters. The minimum Gasteiger partial charge on any atom is -0.285 e. The number of rotatable bonds is 2. The zero-order chi connectivity index (χ0) is 6.78. The standard InChI is InChI=1S/C4H10O3S.ClH/c1-3-4(2)8(5,6)7;/h4H,3H2,1-2H3,(H,5,6,7);1H. The van der Waals surface area contributed by atoms with Gasteiger partial charge in [0.1, 0.15) is 0 Å². The van der Waals surface area contributed by atoms with Crippen molar-refractivity contribution < 1.29 is 13.0 Å². The Balaban J connectivity index is 0. The van der Waals surface area contributed by atoms with E-state index in [1.807, 2.05) is 0 Å². The molecule has 5 heteroatoms. The van der Waals surface area contributed by atoms with Crippen LogP contribution in [0.25, 0.3) is 0 Å². The highest BCUT2D eigenvalue weighted by Crippen LogP contribution is 1.99. The summed E-state index contributed by atoms with van der Waals surface area (Å²) in [5, 5.41) is -0.623. The molecule has 1 N–H and O–H groups in total. The summed E-state index contributed by atoms with van der Waals surface area (Å²) in [4.78, 5) is 0. The van der Waals surface area contributed by atoms with E-state index in [0.717, 1.165) is 0 Å². The normalized spacial score (nSPS) is 14.1.